The first-order chi connectivity index (χ1) is 6.79. The highest BCUT2D eigenvalue weighted by Crippen LogP contribution is 2.22. The van der Waals surface area contributed by atoms with Crippen molar-refractivity contribution in [2.45, 2.75) is 19.4 Å². The Morgan fingerprint density at radius 3 is 3.00 bits per heavy atom. The first-order valence-electron chi connectivity index (χ1n) is 4.51. The zero-order valence-corrected chi connectivity index (χ0v) is 9.25. The summed E-state index contributed by atoms with van der Waals surface area (Å²) in [5, 5.41) is 5.91. The quantitative estimate of drug-likeness (QED) is 0.541. The third-order valence-electron chi connectivity index (χ3n) is 2.22. The Labute approximate surface area is 87.8 Å². The van der Waals surface area contributed by atoms with Crippen LogP contribution in [-0.4, -0.2) is 23.3 Å². The monoisotopic (exact) mass is 216 g/mol. The maximum Gasteiger partial charge on any atom is 0.0940 e. The summed E-state index contributed by atoms with van der Waals surface area (Å²) in [7, 11) is 1.70. The minimum Gasteiger partial charge on any atom is -0.385 e. The zero-order valence-electron chi connectivity index (χ0n) is 8.43. The van der Waals surface area contributed by atoms with Gasteiger partial charge in [0.15, 0.2) is 0 Å². The van der Waals surface area contributed by atoms with E-state index in [1.54, 1.807) is 7.11 Å². The molecule has 1 heterocycles. The van der Waals surface area contributed by atoms with E-state index in [1.807, 2.05) is 5.38 Å². The van der Waals surface area contributed by atoms with Crippen LogP contribution in [0.25, 0.3) is 0 Å². The summed E-state index contributed by atoms with van der Waals surface area (Å²) >= 11 is 1.34. The molecular formula is C8H16N4OS. The number of ether oxygens (including phenoxy) is 1. The van der Waals surface area contributed by atoms with Gasteiger partial charge in [0.2, 0.25) is 0 Å². The van der Waals surface area contributed by atoms with Crippen molar-refractivity contribution in [2.75, 3.05) is 13.7 Å². The first-order valence-corrected chi connectivity index (χ1v) is 5.35. The van der Waals surface area contributed by atoms with Gasteiger partial charge < -0.3 is 4.74 Å². The van der Waals surface area contributed by atoms with Gasteiger partial charge in [0.05, 0.1) is 11.7 Å². The van der Waals surface area contributed by atoms with Gasteiger partial charge in [0, 0.05) is 19.1 Å². The van der Waals surface area contributed by atoms with Crippen LogP contribution in [0.1, 0.15) is 25.1 Å². The van der Waals surface area contributed by atoms with Crippen molar-refractivity contribution in [1.29, 1.82) is 0 Å². The number of hydrogen-bond acceptors (Lipinski definition) is 6. The van der Waals surface area contributed by atoms with Crippen LogP contribution in [0.4, 0.5) is 0 Å². The lowest BCUT2D eigenvalue weighted by Gasteiger charge is -2.20. The highest BCUT2D eigenvalue weighted by atomic mass is 32.1. The van der Waals surface area contributed by atoms with Gasteiger partial charge in [0.1, 0.15) is 0 Å². The summed E-state index contributed by atoms with van der Waals surface area (Å²) < 4.78 is 8.84. The third-order valence-corrected chi connectivity index (χ3v) is 2.74. The molecule has 0 spiro atoms. The second-order valence-electron chi connectivity index (χ2n) is 3.23. The molecule has 0 aliphatic heterocycles. The van der Waals surface area contributed by atoms with Crippen molar-refractivity contribution >= 4 is 11.5 Å². The molecular weight excluding hydrogens is 200 g/mol. The second-order valence-corrected chi connectivity index (χ2v) is 3.84. The predicted octanol–water partition coefficient (Wildman–Crippen LogP) is 0.715. The lowest BCUT2D eigenvalue weighted by molar-refractivity contribution is 0.169. The molecule has 0 fully saturated rings. The second kappa shape index (κ2) is 6.02. The number of hydrazine groups is 1. The van der Waals surface area contributed by atoms with Gasteiger partial charge in [-0.15, -0.1) is 5.10 Å². The smallest absolute Gasteiger partial charge is 0.0940 e. The van der Waals surface area contributed by atoms with Crippen LogP contribution in [0.15, 0.2) is 5.38 Å². The van der Waals surface area contributed by atoms with Crippen molar-refractivity contribution in [2.24, 2.45) is 11.8 Å². The summed E-state index contributed by atoms with van der Waals surface area (Å²) in [6, 6.07) is 0.0592. The summed E-state index contributed by atoms with van der Waals surface area (Å²) in [4.78, 5) is 0. The normalized spacial score (nSPS) is 15.4. The number of nitrogens with one attached hydrogen (secondary N) is 1. The summed E-state index contributed by atoms with van der Waals surface area (Å²) in [6.07, 6.45) is 0.947. The molecule has 0 bridgehead atoms. The van der Waals surface area contributed by atoms with Gasteiger partial charge in [-0.3, -0.25) is 11.3 Å². The Kier molecular flexibility index (Phi) is 4.95. The van der Waals surface area contributed by atoms with Crippen LogP contribution in [0.5, 0.6) is 0 Å². The molecule has 5 nitrogen and oxygen atoms in total. The van der Waals surface area contributed by atoms with Gasteiger partial charge in [-0.05, 0) is 23.9 Å². The maximum absolute atomic E-state index is 5.48. The lowest BCUT2D eigenvalue weighted by atomic mass is 9.97. The Morgan fingerprint density at radius 1 is 1.71 bits per heavy atom. The minimum absolute atomic E-state index is 0.0592. The van der Waals surface area contributed by atoms with E-state index in [0.717, 1.165) is 18.7 Å². The summed E-state index contributed by atoms with van der Waals surface area (Å²) in [6.45, 7) is 2.85. The van der Waals surface area contributed by atoms with Gasteiger partial charge in [-0.2, -0.15) is 0 Å². The third kappa shape index (κ3) is 2.98. The van der Waals surface area contributed by atoms with Crippen molar-refractivity contribution in [1.82, 2.24) is 15.0 Å². The molecule has 0 aliphatic rings. The number of nitrogens with zero attached hydrogens (tertiary/aromatic N) is 2. The van der Waals surface area contributed by atoms with Gasteiger partial charge in [-0.25, -0.2) is 0 Å². The molecule has 80 valence electrons. The largest absolute Gasteiger partial charge is 0.385 e. The fourth-order valence-electron chi connectivity index (χ4n) is 1.32. The SMILES string of the molecule is COCCC(C)C(NN)c1csnn1. The maximum atomic E-state index is 5.48. The van der Waals surface area contributed by atoms with Crippen molar-refractivity contribution in [3.63, 3.8) is 0 Å². The van der Waals surface area contributed by atoms with Crippen molar-refractivity contribution in [3.8, 4) is 0 Å². The fourth-order valence-corrected chi connectivity index (χ4v) is 1.81. The van der Waals surface area contributed by atoms with Crippen LogP contribution in [0.3, 0.4) is 0 Å². The van der Waals surface area contributed by atoms with E-state index in [1.165, 1.54) is 11.5 Å². The van der Waals surface area contributed by atoms with Crippen molar-refractivity contribution < 1.29 is 4.74 Å². The average molecular weight is 216 g/mol. The van der Waals surface area contributed by atoms with Gasteiger partial charge in [-0.1, -0.05) is 11.4 Å². The Bertz CT molecular complexity index is 241. The zero-order chi connectivity index (χ0) is 10.4. The molecule has 2 atom stereocenters. The van der Waals surface area contributed by atoms with Crippen LogP contribution in [0, 0.1) is 5.92 Å². The van der Waals surface area contributed by atoms with Crippen LogP contribution in [0.2, 0.25) is 0 Å². The molecule has 0 radical (unpaired) electrons. The summed E-state index contributed by atoms with van der Waals surface area (Å²) in [5.74, 6) is 5.86. The highest BCUT2D eigenvalue weighted by Gasteiger charge is 2.19. The predicted molar refractivity (Wildman–Crippen MR) is 55.6 cm³/mol. The van der Waals surface area contributed by atoms with Crippen LogP contribution in [-0.2, 0) is 4.74 Å². The molecule has 0 aliphatic carbocycles. The van der Waals surface area contributed by atoms with E-state index in [9.17, 15) is 0 Å². The molecule has 3 N–H and O–H groups in total. The van der Waals surface area contributed by atoms with E-state index >= 15 is 0 Å². The molecule has 1 aromatic rings. The number of rotatable bonds is 6. The van der Waals surface area contributed by atoms with Gasteiger partial charge in [0.25, 0.3) is 0 Å². The average Bonchev–Trinajstić information content (AvgIpc) is 2.69. The fraction of sp³-hybridized carbons (Fsp3) is 0.750. The molecule has 0 aromatic carbocycles. The van der Waals surface area contributed by atoms with Crippen LogP contribution < -0.4 is 11.3 Å². The first kappa shape index (κ1) is 11.5. The standard InChI is InChI=1S/C8H16N4OS/c1-6(3-4-13-2)8(10-9)7-5-14-12-11-7/h5-6,8,10H,3-4,9H2,1-2H3. The van der Waals surface area contributed by atoms with Crippen molar-refractivity contribution in [3.05, 3.63) is 11.1 Å². The van der Waals surface area contributed by atoms with E-state index < -0.39 is 0 Å². The summed E-state index contributed by atoms with van der Waals surface area (Å²) in [5.41, 5.74) is 3.67. The molecule has 0 saturated carbocycles. The number of hydrogen-bond donors (Lipinski definition) is 2. The molecule has 1 rings (SSSR count). The minimum atomic E-state index is 0.0592. The molecule has 2 unspecified atom stereocenters. The molecule has 0 amide bonds. The lowest BCUT2D eigenvalue weighted by Crippen LogP contribution is -2.33. The molecule has 14 heavy (non-hydrogen) atoms. The highest BCUT2D eigenvalue weighted by molar-refractivity contribution is 7.03. The Morgan fingerprint density at radius 2 is 2.50 bits per heavy atom. The van der Waals surface area contributed by atoms with E-state index in [-0.39, 0.29) is 6.04 Å². The number of nitrogens with two attached hydrogens (primary N) is 1. The Hall–Kier alpha value is -0.560. The topological polar surface area (TPSA) is 73.1 Å². The van der Waals surface area contributed by atoms with Gasteiger partial charge >= 0.3 is 0 Å². The molecule has 1 aromatic heterocycles. The number of aromatic nitrogens is 2. The number of methoxy groups -OCH3 is 1. The molecule has 6 heteroatoms. The van der Waals surface area contributed by atoms with Crippen LogP contribution >= 0.6 is 11.5 Å². The van der Waals surface area contributed by atoms with E-state index in [4.69, 9.17) is 10.6 Å². The Balaban J connectivity index is 2.53. The van der Waals surface area contributed by atoms with E-state index in [2.05, 4.69) is 21.9 Å². The van der Waals surface area contributed by atoms with E-state index in [0.29, 0.717) is 5.92 Å². The molecule has 0 saturated heterocycles.